The topological polar surface area (TPSA) is 17.8 Å². The lowest BCUT2D eigenvalue weighted by atomic mass is 10.2. The van der Waals surface area contributed by atoms with E-state index >= 15 is 0 Å². The van der Waals surface area contributed by atoms with E-state index in [1.165, 1.54) is 5.56 Å². The van der Waals surface area contributed by atoms with Gasteiger partial charge in [0, 0.05) is 16.9 Å². The summed E-state index contributed by atoms with van der Waals surface area (Å²) in [6.07, 6.45) is 3.70. The normalized spacial score (nSPS) is 10.3. The minimum atomic E-state index is 1.06. The molecule has 2 aromatic rings. The number of benzene rings is 1. The number of nitrogens with zero attached hydrogens (tertiary/aromatic N) is 2. The van der Waals surface area contributed by atoms with Crippen molar-refractivity contribution in [3.8, 4) is 5.69 Å². The first-order valence-electron chi connectivity index (χ1n) is 4.03. The fourth-order valence-electron chi connectivity index (χ4n) is 1.21. The number of aromatic nitrogens is 2. The Balaban J connectivity index is 2.57. The summed E-state index contributed by atoms with van der Waals surface area (Å²) in [4.78, 5) is 0. The van der Waals surface area contributed by atoms with E-state index in [4.69, 9.17) is 0 Å². The van der Waals surface area contributed by atoms with Gasteiger partial charge in [-0.3, -0.25) is 0 Å². The standard InChI is InChI=1S/C10H9BrN2/c1-8-3-4-9(11)10(7-8)13-6-2-5-12-13/h2-7H,1H3. The van der Waals surface area contributed by atoms with Crippen LogP contribution in [-0.4, -0.2) is 9.78 Å². The van der Waals surface area contributed by atoms with E-state index in [1.54, 1.807) is 6.20 Å². The Labute approximate surface area is 85.3 Å². The molecule has 0 aliphatic carbocycles. The molecule has 0 N–H and O–H groups in total. The van der Waals surface area contributed by atoms with E-state index in [2.05, 4.69) is 40.1 Å². The molecule has 66 valence electrons. The fraction of sp³-hybridized carbons (Fsp3) is 0.100. The molecule has 0 radical (unpaired) electrons. The molecule has 0 atom stereocenters. The van der Waals surface area contributed by atoms with Gasteiger partial charge in [-0.05, 0) is 46.6 Å². The summed E-state index contributed by atoms with van der Waals surface area (Å²) in [6, 6.07) is 8.11. The van der Waals surface area contributed by atoms with Gasteiger partial charge in [-0.2, -0.15) is 5.10 Å². The number of rotatable bonds is 1. The zero-order chi connectivity index (χ0) is 9.26. The highest BCUT2D eigenvalue weighted by molar-refractivity contribution is 9.10. The summed E-state index contributed by atoms with van der Waals surface area (Å²) in [5.74, 6) is 0. The average Bonchev–Trinajstić information content (AvgIpc) is 2.61. The molecule has 3 heteroatoms. The van der Waals surface area contributed by atoms with Crippen LogP contribution in [0.4, 0.5) is 0 Å². The maximum Gasteiger partial charge on any atom is 0.0790 e. The summed E-state index contributed by atoms with van der Waals surface area (Å²) in [5, 5.41) is 4.18. The molecule has 0 bridgehead atoms. The molecular weight excluding hydrogens is 228 g/mol. The molecule has 2 nitrogen and oxygen atoms in total. The van der Waals surface area contributed by atoms with E-state index < -0.39 is 0 Å². The summed E-state index contributed by atoms with van der Waals surface area (Å²) >= 11 is 3.49. The van der Waals surface area contributed by atoms with E-state index in [1.807, 2.05) is 23.0 Å². The van der Waals surface area contributed by atoms with Crippen LogP contribution in [0.1, 0.15) is 5.56 Å². The van der Waals surface area contributed by atoms with E-state index in [0.29, 0.717) is 0 Å². The van der Waals surface area contributed by atoms with E-state index in [9.17, 15) is 0 Å². The lowest BCUT2D eigenvalue weighted by Crippen LogP contribution is -1.95. The van der Waals surface area contributed by atoms with Crippen LogP contribution in [-0.2, 0) is 0 Å². The van der Waals surface area contributed by atoms with Gasteiger partial charge in [0.2, 0.25) is 0 Å². The predicted octanol–water partition coefficient (Wildman–Crippen LogP) is 2.94. The van der Waals surface area contributed by atoms with Crippen LogP contribution < -0.4 is 0 Å². The van der Waals surface area contributed by atoms with Crippen LogP contribution in [0.5, 0.6) is 0 Å². The fourth-order valence-corrected chi connectivity index (χ4v) is 1.64. The summed E-state index contributed by atoms with van der Waals surface area (Å²) in [6.45, 7) is 2.07. The Morgan fingerprint density at radius 1 is 1.38 bits per heavy atom. The molecule has 0 saturated carbocycles. The molecule has 13 heavy (non-hydrogen) atoms. The number of aryl methyl sites for hydroxylation is 1. The molecule has 0 spiro atoms. The zero-order valence-electron chi connectivity index (χ0n) is 7.24. The highest BCUT2D eigenvalue weighted by Crippen LogP contribution is 2.21. The van der Waals surface area contributed by atoms with Crippen molar-refractivity contribution in [2.45, 2.75) is 6.92 Å². The first-order valence-corrected chi connectivity index (χ1v) is 4.83. The van der Waals surface area contributed by atoms with Crippen molar-refractivity contribution in [3.63, 3.8) is 0 Å². The summed E-state index contributed by atoms with van der Waals surface area (Å²) in [7, 11) is 0. The number of halogens is 1. The van der Waals surface area contributed by atoms with Crippen molar-refractivity contribution in [2.24, 2.45) is 0 Å². The lowest BCUT2D eigenvalue weighted by Gasteiger charge is -2.04. The maximum atomic E-state index is 4.18. The molecule has 0 unspecified atom stereocenters. The molecule has 1 aromatic carbocycles. The SMILES string of the molecule is Cc1ccc(Br)c(-n2cccn2)c1. The van der Waals surface area contributed by atoms with Gasteiger partial charge in [0.25, 0.3) is 0 Å². The minimum Gasteiger partial charge on any atom is -0.240 e. The third kappa shape index (κ3) is 1.65. The van der Waals surface area contributed by atoms with Crippen LogP contribution >= 0.6 is 15.9 Å². The molecule has 0 fully saturated rings. The van der Waals surface area contributed by atoms with Crippen molar-refractivity contribution in [1.29, 1.82) is 0 Å². The average molecular weight is 237 g/mol. The Bertz CT molecular complexity index is 407. The van der Waals surface area contributed by atoms with Gasteiger partial charge in [-0.15, -0.1) is 0 Å². The highest BCUT2D eigenvalue weighted by Gasteiger charge is 2.01. The monoisotopic (exact) mass is 236 g/mol. The van der Waals surface area contributed by atoms with Crippen molar-refractivity contribution < 1.29 is 0 Å². The minimum absolute atomic E-state index is 1.06. The Morgan fingerprint density at radius 2 is 2.23 bits per heavy atom. The van der Waals surface area contributed by atoms with Crippen LogP contribution in [0.2, 0.25) is 0 Å². The molecule has 0 amide bonds. The van der Waals surface area contributed by atoms with Gasteiger partial charge in [-0.25, -0.2) is 4.68 Å². The molecular formula is C10H9BrN2. The van der Waals surface area contributed by atoms with Crippen LogP contribution in [0.3, 0.4) is 0 Å². The Kier molecular flexibility index (Phi) is 2.19. The Hall–Kier alpha value is -1.09. The summed E-state index contributed by atoms with van der Waals surface area (Å²) < 4.78 is 2.90. The van der Waals surface area contributed by atoms with Crippen molar-refractivity contribution in [3.05, 3.63) is 46.7 Å². The molecule has 1 heterocycles. The maximum absolute atomic E-state index is 4.18. The van der Waals surface area contributed by atoms with Crippen molar-refractivity contribution in [2.75, 3.05) is 0 Å². The molecule has 2 rings (SSSR count). The molecule has 0 aliphatic rings. The van der Waals surface area contributed by atoms with Crippen LogP contribution in [0.25, 0.3) is 5.69 Å². The van der Waals surface area contributed by atoms with Gasteiger partial charge >= 0.3 is 0 Å². The first-order chi connectivity index (χ1) is 6.27. The number of hydrogen-bond acceptors (Lipinski definition) is 1. The second kappa shape index (κ2) is 3.34. The van der Waals surface area contributed by atoms with Gasteiger partial charge in [-0.1, -0.05) is 6.07 Å². The predicted molar refractivity (Wildman–Crippen MR) is 56.0 cm³/mol. The van der Waals surface area contributed by atoms with Crippen LogP contribution in [0, 0.1) is 6.92 Å². The smallest absolute Gasteiger partial charge is 0.0790 e. The quantitative estimate of drug-likeness (QED) is 0.745. The first kappa shape index (κ1) is 8.51. The van der Waals surface area contributed by atoms with Crippen molar-refractivity contribution >= 4 is 15.9 Å². The van der Waals surface area contributed by atoms with Gasteiger partial charge < -0.3 is 0 Å². The highest BCUT2D eigenvalue weighted by atomic mass is 79.9. The lowest BCUT2D eigenvalue weighted by molar-refractivity contribution is 0.875. The number of hydrogen-bond donors (Lipinski definition) is 0. The third-order valence-corrected chi connectivity index (χ3v) is 2.52. The second-order valence-electron chi connectivity index (χ2n) is 2.91. The van der Waals surface area contributed by atoms with Gasteiger partial charge in [0.1, 0.15) is 0 Å². The Morgan fingerprint density at radius 3 is 2.92 bits per heavy atom. The van der Waals surface area contributed by atoms with Gasteiger partial charge in [0.05, 0.1) is 5.69 Å². The zero-order valence-corrected chi connectivity index (χ0v) is 8.82. The largest absolute Gasteiger partial charge is 0.240 e. The van der Waals surface area contributed by atoms with Crippen molar-refractivity contribution in [1.82, 2.24) is 9.78 Å². The van der Waals surface area contributed by atoms with Crippen LogP contribution in [0.15, 0.2) is 41.1 Å². The van der Waals surface area contributed by atoms with E-state index in [-0.39, 0.29) is 0 Å². The molecule has 1 aromatic heterocycles. The molecule has 0 aliphatic heterocycles. The third-order valence-electron chi connectivity index (χ3n) is 1.85. The van der Waals surface area contributed by atoms with E-state index in [0.717, 1.165) is 10.2 Å². The van der Waals surface area contributed by atoms with Gasteiger partial charge in [0.15, 0.2) is 0 Å². The second-order valence-corrected chi connectivity index (χ2v) is 3.76. The molecule has 0 saturated heterocycles. The summed E-state index contributed by atoms with van der Waals surface area (Å²) in [5.41, 5.74) is 2.30.